The first-order valence-corrected chi connectivity index (χ1v) is 11.9. The number of carbonyl (C=O) groups excluding carboxylic acids is 1. The van der Waals surface area contributed by atoms with Gasteiger partial charge in [-0.05, 0) is 63.1 Å². The quantitative estimate of drug-likeness (QED) is 0.678. The lowest BCUT2D eigenvalue weighted by Crippen LogP contribution is -2.44. The molecule has 1 aromatic heterocycles. The fraction of sp³-hybridized carbons (Fsp3) is 0.583. The first kappa shape index (κ1) is 25.2. The molecule has 3 heterocycles. The molecule has 1 aromatic carbocycles. The molecule has 1 aliphatic carbocycles. The molecule has 11 heteroatoms. The highest BCUT2D eigenvalue weighted by atomic mass is 19.4. The summed E-state index contributed by atoms with van der Waals surface area (Å²) in [5.41, 5.74) is 3.02. The molecule has 0 unspecified atom stereocenters. The molecule has 0 radical (unpaired) electrons. The zero-order valence-corrected chi connectivity index (χ0v) is 19.6. The van der Waals surface area contributed by atoms with Gasteiger partial charge >= 0.3 is 12.1 Å². The van der Waals surface area contributed by atoms with Crippen LogP contribution < -0.4 is 5.32 Å². The topological polar surface area (TPSA) is 100 Å². The average molecular weight is 494 g/mol. The normalized spacial score (nSPS) is 19.4. The second-order valence-corrected chi connectivity index (χ2v) is 9.84. The number of hydrogen-bond donors (Lipinski definition) is 2. The van der Waals surface area contributed by atoms with Gasteiger partial charge in [-0.25, -0.2) is 4.79 Å². The summed E-state index contributed by atoms with van der Waals surface area (Å²) in [7, 11) is 0. The lowest BCUT2D eigenvalue weighted by Gasteiger charge is -2.44. The number of benzene rings is 1. The number of halogens is 3. The van der Waals surface area contributed by atoms with E-state index in [1.807, 2.05) is 0 Å². The van der Waals surface area contributed by atoms with Crippen molar-refractivity contribution in [3.05, 3.63) is 47.0 Å². The van der Waals surface area contributed by atoms with Crippen molar-refractivity contribution in [1.29, 1.82) is 0 Å². The Bertz CT molecular complexity index is 1070. The van der Waals surface area contributed by atoms with Crippen LogP contribution in [0.5, 0.6) is 0 Å². The van der Waals surface area contributed by atoms with Crippen LogP contribution in [0.1, 0.15) is 59.7 Å². The predicted molar refractivity (Wildman–Crippen MR) is 121 cm³/mol. The number of aliphatic carboxylic acids is 1. The Labute approximate surface area is 201 Å². The lowest BCUT2D eigenvalue weighted by molar-refractivity contribution is -0.192. The summed E-state index contributed by atoms with van der Waals surface area (Å²) < 4.78 is 33.8. The highest BCUT2D eigenvalue weighted by Gasteiger charge is 2.40. The smallest absolute Gasteiger partial charge is 0.475 e. The number of aromatic nitrogens is 3. The molecule has 2 aliphatic heterocycles. The summed E-state index contributed by atoms with van der Waals surface area (Å²) in [5.74, 6) is -1.31. The van der Waals surface area contributed by atoms with Gasteiger partial charge in [-0.1, -0.05) is 29.8 Å². The van der Waals surface area contributed by atoms with Gasteiger partial charge in [0.05, 0.1) is 0 Å². The van der Waals surface area contributed by atoms with Crippen molar-refractivity contribution < 1.29 is 27.9 Å². The molecule has 1 saturated carbocycles. The average Bonchev–Trinajstić information content (AvgIpc) is 3.51. The van der Waals surface area contributed by atoms with Crippen molar-refractivity contribution in [3.8, 4) is 0 Å². The minimum Gasteiger partial charge on any atom is -0.475 e. The Hall–Kier alpha value is -2.95. The van der Waals surface area contributed by atoms with Crippen LogP contribution in [-0.2, 0) is 24.3 Å². The molecule has 8 nitrogen and oxygen atoms in total. The van der Waals surface area contributed by atoms with Gasteiger partial charge in [0.1, 0.15) is 5.82 Å². The van der Waals surface area contributed by atoms with E-state index < -0.39 is 12.1 Å². The van der Waals surface area contributed by atoms with Gasteiger partial charge in [0.25, 0.3) is 5.91 Å². The fourth-order valence-electron chi connectivity index (χ4n) is 4.79. The zero-order valence-electron chi connectivity index (χ0n) is 19.6. The van der Waals surface area contributed by atoms with Crippen LogP contribution >= 0.6 is 0 Å². The summed E-state index contributed by atoms with van der Waals surface area (Å²) in [5, 5.41) is 18.7. The van der Waals surface area contributed by atoms with E-state index in [0.717, 1.165) is 57.7 Å². The van der Waals surface area contributed by atoms with Gasteiger partial charge < -0.3 is 15.0 Å². The maximum absolute atomic E-state index is 12.5. The minimum atomic E-state index is -5.08. The molecule has 0 bridgehead atoms. The lowest BCUT2D eigenvalue weighted by atomic mass is 9.73. The van der Waals surface area contributed by atoms with E-state index in [1.54, 1.807) is 0 Å². The van der Waals surface area contributed by atoms with Gasteiger partial charge in [-0.2, -0.15) is 13.2 Å². The highest BCUT2D eigenvalue weighted by Crippen LogP contribution is 2.41. The Morgan fingerprint density at radius 1 is 1.17 bits per heavy atom. The van der Waals surface area contributed by atoms with Crippen molar-refractivity contribution in [2.24, 2.45) is 5.41 Å². The van der Waals surface area contributed by atoms with E-state index in [1.165, 1.54) is 24.0 Å². The number of carboxylic acids is 1. The Morgan fingerprint density at radius 3 is 2.46 bits per heavy atom. The third-order valence-electron chi connectivity index (χ3n) is 6.96. The second kappa shape index (κ2) is 9.96. The summed E-state index contributed by atoms with van der Waals surface area (Å²) in [6.07, 6.45) is 1.55. The van der Waals surface area contributed by atoms with Crippen LogP contribution in [0.2, 0.25) is 0 Å². The fourth-order valence-corrected chi connectivity index (χ4v) is 4.79. The van der Waals surface area contributed by atoms with E-state index in [4.69, 9.17) is 9.90 Å². The van der Waals surface area contributed by atoms with Gasteiger partial charge in [0, 0.05) is 25.6 Å². The number of carbonyl (C=O) groups is 2. The van der Waals surface area contributed by atoms with E-state index in [2.05, 4.69) is 56.2 Å². The Kier molecular flexibility index (Phi) is 7.16. The van der Waals surface area contributed by atoms with Crippen molar-refractivity contribution >= 4 is 11.9 Å². The molecule has 2 fully saturated rings. The molecule has 0 atom stereocenters. The van der Waals surface area contributed by atoms with Crippen LogP contribution in [0.15, 0.2) is 24.3 Å². The standard InChI is InChI=1S/C22H29N5O.C2HF3O2/c1-16-3-2-4-17(13-16)14-26-11-9-22(10-12-26)8-7-19-24-25-20(27(19)15-22)21(28)23-18-5-6-18;3-2(4,5)1(6)7/h2-4,13,18H,5-12,14-15H2,1H3,(H,23,28);(H,6,7). The third kappa shape index (κ3) is 6.39. The maximum Gasteiger partial charge on any atom is 0.490 e. The maximum atomic E-state index is 12.5. The molecule has 2 N–H and O–H groups in total. The van der Waals surface area contributed by atoms with Gasteiger partial charge in [-0.3, -0.25) is 9.69 Å². The number of rotatable bonds is 4. The number of carboxylic acid groups (broad SMARTS) is 1. The van der Waals surface area contributed by atoms with Crippen molar-refractivity contribution in [3.63, 3.8) is 0 Å². The number of alkyl halides is 3. The van der Waals surface area contributed by atoms with Gasteiger partial charge in [-0.15, -0.1) is 10.2 Å². The summed E-state index contributed by atoms with van der Waals surface area (Å²) >= 11 is 0. The van der Waals surface area contributed by atoms with Gasteiger partial charge in [0.2, 0.25) is 5.82 Å². The summed E-state index contributed by atoms with van der Waals surface area (Å²) in [6.45, 7) is 6.32. The van der Waals surface area contributed by atoms with Gasteiger partial charge in [0.15, 0.2) is 0 Å². The molecule has 190 valence electrons. The first-order chi connectivity index (χ1) is 16.5. The number of piperidine rings is 1. The SMILES string of the molecule is Cc1cccc(CN2CCC3(CCc4nnc(C(=O)NC5CC5)n4C3)CC2)c1.O=C(O)C(F)(F)F. The van der Waals surface area contributed by atoms with E-state index >= 15 is 0 Å². The first-order valence-electron chi connectivity index (χ1n) is 11.9. The largest absolute Gasteiger partial charge is 0.490 e. The van der Waals surface area contributed by atoms with E-state index in [9.17, 15) is 18.0 Å². The molecule has 5 rings (SSSR count). The molecular formula is C24H30F3N5O3. The number of hydrogen-bond acceptors (Lipinski definition) is 5. The number of nitrogens with one attached hydrogen (secondary N) is 1. The molecule has 1 saturated heterocycles. The van der Waals surface area contributed by atoms with Crippen molar-refractivity contribution in [2.45, 2.75) is 70.8 Å². The summed E-state index contributed by atoms with van der Waals surface area (Å²) in [6, 6.07) is 9.18. The third-order valence-corrected chi connectivity index (χ3v) is 6.96. The number of fused-ring (bicyclic) bond motifs is 1. The van der Waals surface area contributed by atoms with Crippen LogP contribution in [0.3, 0.4) is 0 Å². The second-order valence-electron chi connectivity index (χ2n) is 9.84. The minimum absolute atomic E-state index is 0.0461. The highest BCUT2D eigenvalue weighted by molar-refractivity contribution is 5.91. The number of likely N-dealkylation sites (tertiary alicyclic amines) is 1. The molecule has 3 aliphatic rings. The van der Waals surface area contributed by atoms with Crippen LogP contribution in [0.25, 0.3) is 0 Å². The van der Waals surface area contributed by atoms with E-state index in [0.29, 0.717) is 11.9 Å². The Morgan fingerprint density at radius 2 is 1.86 bits per heavy atom. The van der Waals surface area contributed by atoms with Crippen molar-refractivity contribution in [1.82, 2.24) is 25.0 Å². The van der Waals surface area contributed by atoms with Crippen LogP contribution in [-0.4, -0.2) is 62.0 Å². The monoisotopic (exact) mass is 493 g/mol. The zero-order chi connectivity index (χ0) is 25.2. The van der Waals surface area contributed by atoms with Crippen LogP contribution in [0, 0.1) is 12.3 Å². The molecular weight excluding hydrogens is 463 g/mol. The van der Waals surface area contributed by atoms with Crippen molar-refractivity contribution in [2.75, 3.05) is 13.1 Å². The number of aryl methyl sites for hydroxylation is 2. The predicted octanol–water partition coefficient (Wildman–Crippen LogP) is 3.34. The molecule has 2 aromatic rings. The molecule has 1 spiro atoms. The summed E-state index contributed by atoms with van der Waals surface area (Å²) in [4.78, 5) is 24.0. The number of nitrogens with zero attached hydrogens (tertiary/aromatic N) is 4. The van der Waals surface area contributed by atoms with Crippen LogP contribution in [0.4, 0.5) is 13.2 Å². The molecule has 35 heavy (non-hydrogen) atoms. The van der Waals surface area contributed by atoms with E-state index in [-0.39, 0.29) is 11.3 Å². The Balaban J connectivity index is 0.000000364. The molecule has 1 amide bonds. The number of amides is 1.